The first-order valence-corrected chi connectivity index (χ1v) is 34.9. The van der Waals surface area contributed by atoms with Crippen molar-refractivity contribution in [1.29, 1.82) is 0 Å². The lowest BCUT2D eigenvalue weighted by Gasteiger charge is -2.26. The summed E-state index contributed by atoms with van der Waals surface area (Å²) in [7, 11) is 5.91. The molecule has 9 heteroatoms. The number of carbonyl (C=O) groups excluding carboxylic acids is 3. The van der Waals surface area contributed by atoms with Gasteiger partial charge in [0, 0.05) is 12.8 Å². The fourth-order valence-electron chi connectivity index (χ4n) is 8.88. The van der Waals surface area contributed by atoms with Gasteiger partial charge in [0.25, 0.3) is 0 Å². The molecule has 2 unspecified atom stereocenters. The molecule has 2 atom stereocenters. The summed E-state index contributed by atoms with van der Waals surface area (Å²) in [5.74, 6) is -2.34. The number of hydrogen-bond acceptors (Lipinski definition) is 8. The van der Waals surface area contributed by atoms with Gasteiger partial charge >= 0.3 is 11.9 Å². The SMILES string of the molecule is CC/C=C\C/C=C\C/C=C\C/C=C\C/C=C\C/C=C\C/C=C\C/C=C\CCCCCCCCCCCCCCCCC(=O)OC(COC(=O)CCCCC/C=C\C/C=C\C/C=C\C/C=C\C/C=C\C/C=C\C/C=C\CC)COC(OCC[N+](C)(C)C)C(=O)[O-]. The molecule has 0 bridgehead atoms. The molecule has 9 nitrogen and oxygen atoms in total. The molecule has 0 aliphatic carbocycles. The fourth-order valence-corrected chi connectivity index (χ4v) is 8.88. The number of carboxylic acid groups (broad SMARTS) is 1. The van der Waals surface area contributed by atoms with Crippen LogP contribution in [-0.4, -0.2) is 82.3 Å². The van der Waals surface area contributed by atoms with Crippen molar-refractivity contribution in [2.75, 3.05) is 47.5 Å². The second kappa shape index (κ2) is 68.3. The van der Waals surface area contributed by atoms with Crippen LogP contribution in [0.3, 0.4) is 0 Å². The number of aliphatic carboxylic acids is 1. The predicted octanol–water partition coefficient (Wildman–Crippen LogP) is 20.7. The normalized spacial score (nSPS) is 13.9. The molecule has 0 aliphatic heterocycles. The molecular formula is C80H127NO8. The first-order valence-electron chi connectivity index (χ1n) is 34.9. The van der Waals surface area contributed by atoms with Gasteiger partial charge in [-0.25, -0.2) is 0 Å². The number of unbranched alkanes of at least 4 members (excludes halogenated alkanes) is 17. The van der Waals surface area contributed by atoms with Crippen LogP contribution >= 0.6 is 0 Å². The van der Waals surface area contributed by atoms with Crippen LogP contribution in [0.25, 0.3) is 0 Å². The van der Waals surface area contributed by atoms with Gasteiger partial charge in [0.2, 0.25) is 0 Å². The van der Waals surface area contributed by atoms with E-state index in [-0.39, 0.29) is 32.7 Å². The highest BCUT2D eigenvalue weighted by Crippen LogP contribution is 2.16. The van der Waals surface area contributed by atoms with Crippen molar-refractivity contribution in [3.05, 3.63) is 182 Å². The van der Waals surface area contributed by atoms with Crippen molar-refractivity contribution >= 4 is 17.9 Å². The topological polar surface area (TPSA) is 111 Å². The lowest BCUT2D eigenvalue weighted by atomic mass is 10.0. The zero-order chi connectivity index (χ0) is 64.7. The first kappa shape index (κ1) is 83.4. The van der Waals surface area contributed by atoms with Crippen molar-refractivity contribution < 1.29 is 42.9 Å². The maximum absolute atomic E-state index is 12.9. The van der Waals surface area contributed by atoms with Gasteiger partial charge in [0.1, 0.15) is 13.2 Å². The van der Waals surface area contributed by atoms with Crippen LogP contribution in [0.2, 0.25) is 0 Å². The Morgan fingerprint density at radius 3 is 0.910 bits per heavy atom. The monoisotopic (exact) mass is 1230 g/mol. The molecule has 0 rings (SSSR count). The minimum absolute atomic E-state index is 0.133. The van der Waals surface area contributed by atoms with Gasteiger partial charge in [-0.1, -0.05) is 280 Å². The van der Waals surface area contributed by atoms with Crippen LogP contribution in [0.1, 0.15) is 245 Å². The first-order chi connectivity index (χ1) is 43.6. The lowest BCUT2D eigenvalue weighted by molar-refractivity contribution is -0.870. The molecule has 500 valence electrons. The quantitative estimate of drug-likeness (QED) is 0.0195. The Balaban J connectivity index is 4.20. The zero-order valence-corrected chi connectivity index (χ0v) is 57.0. The van der Waals surface area contributed by atoms with E-state index in [9.17, 15) is 19.5 Å². The van der Waals surface area contributed by atoms with Crippen LogP contribution in [-0.2, 0) is 33.3 Å². The van der Waals surface area contributed by atoms with Crippen LogP contribution in [0.15, 0.2) is 182 Å². The molecule has 0 saturated carbocycles. The van der Waals surface area contributed by atoms with E-state index in [0.29, 0.717) is 23.9 Å². The molecular weight excluding hydrogens is 1100 g/mol. The summed E-state index contributed by atoms with van der Waals surface area (Å²) in [6, 6.07) is 0. The number of ether oxygens (including phenoxy) is 4. The summed E-state index contributed by atoms with van der Waals surface area (Å²) in [5.41, 5.74) is 0. The number of quaternary nitrogens is 1. The highest BCUT2D eigenvalue weighted by molar-refractivity contribution is 5.70. The van der Waals surface area contributed by atoms with E-state index in [1.54, 1.807) is 0 Å². The van der Waals surface area contributed by atoms with E-state index in [0.717, 1.165) is 135 Å². The van der Waals surface area contributed by atoms with Crippen molar-refractivity contribution in [3.63, 3.8) is 0 Å². The Bertz CT molecular complexity index is 2120. The number of carbonyl (C=O) groups is 3. The minimum Gasteiger partial charge on any atom is -0.545 e. The number of esters is 2. The Kier molecular flexibility index (Phi) is 64.0. The summed E-state index contributed by atoms with van der Waals surface area (Å²) >= 11 is 0. The second-order valence-corrected chi connectivity index (χ2v) is 23.7. The van der Waals surface area contributed by atoms with Gasteiger partial charge < -0.3 is 33.3 Å². The molecule has 0 aliphatic rings. The van der Waals surface area contributed by atoms with E-state index in [4.69, 9.17) is 18.9 Å². The van der Waals surface area contributed by atoms with E-state index in [1.165, 1.54) is 70.6 Å². The molecule has 0 aromatic heterocycles. The molecule has 0 amide bonds. The molecule has 0 N–H and O–H groups in total. The summed E-state index contributed by atoms with van der Waals surface area (Å²) in [6.45, 7) is 4.46. The van der Waals surface area contributed by atoms with Crippen molar-refractivity contribution in [2.45, 2.75) is 257 Å². The van der Waals surface area contributed by atoms with Crippen LogP contribution in [0.4, 0.5) is 0 Å². The highest BCUT2D eigenvalue weighted by atomic mass is 16.7. The third-order valence-corrected chi connectivity index (χ3v) is 14.1. The summed E-state index contributed by atoms with van der Waals surface area (Å²) in [6.07, 6.45) is 101. The average molecular weight is 1230 g/mol. The highest BCUT2D eigenvalue weighted by Gasteiger charge is 2.22. The number of hydrogen-bond donors (Lipinski definition) is 0. The molecule has 0 aromatic carbocycles. The Hall–Kier alpha value is -5.61. The van der Waals surface area contributed by atoms with Gasteiger partial charge in [-0.3, -0.25) is 9.59 Å². The minimum atomic E-state index is -1.64. The van der Waals surface area contributed by atoms with Gasteiger partial charge in [-0.05, 0) is 135 Å². The van der Waals surface area contributed by atoms with Crippen molar-refractivity contribution in [3.8, 4) is 0 Å². The van der Waals surface area contributed by atoms with E-state index < -0.39 is 30.3 Å². The summed E-state index contributed by atoms with van der Waals surface area (Å²) in [4.78, 5) is 37.5. The summed E-state index contributed by atoms with van der Waals surface area (Å²) in [5, 5.41) is 11.8. The summed E-state index contributed by atoms with van der Waals surface area (Å²) < 4.78 is 22.7. The van der Waals surface area contributed by atoms with Gasteiger partial charge in [-0.15, -0.1) is 0 Å². The lowest BCUT2D eigenvalue weighted by Crippen LogP contribution is -2.44. The molecule has 0 saturated heterocycles. The molecule has 0 heterocycles. The van der Waals surface area contributed by atoms with Crippen LogP contribution in [0, 0.1) is 0 Å². The van der Waals surface area contributed by atoms with E-state index in [2.05, 4.69) is 196 Å². The average Bonchev–Trinajstić information content (AvgIpc) is 3.64. The maximum atomic E-state index is 12.9. The number of rotatable bonds is 62. The Labute approximate surface area is 545 Å². The fraction of sp³-hybridized carbons (Fsp3) is 0.588. The molecule has 0 radical (unpaired) electrons. The van der Waals surface area contributed by atoms with E-state index >= 15 is 0 Å². The van der Waals surface area contributed by atoms with Gasteiger partial charge in [0.15, 0.2) is 12.4 Å². The van der Waals surface area contributed by atoms with Crippen LogP contribution < -0.4 is 5.11 Å². The third kappa shape index (κ3) is 69.7. The number of likely N-dealkylation sites (N-methyl/N-ethyl adjacent to an activating group) is 1. The van der Waals surface area contributed by atoms with Gasteiger partial charge in [0.05, 0.1) is 40.3 Å². The smallest absolute Gasteiger partial charge is 0.306 e. The Morgan fingerprint density at radius 2 is 0.607 bits per heavy atom. The second-order valence-electron chi connectivity index (χ2n) is 23.7. The number of nitrogens with zero attached hydrogens (tertiary/aromatic N) is 1. The standard InChI is InChI=1S/C80H127NO8/c1-6-8-10-12-14-16-18-20-22-24-26-28-30-32-33-34-35-36-37-38-39-40-41-42-43-44-45-47-49-51-53-55-57-59-61-63-65-67-69-71-78(83)89-76(75-88-80(79(84)85)86-73-72-81(3,4)5)74-87-77(82)70-68-66-64-62-60-58-56-54-52-50-48-46-31-29-27-25-23-21-19-17-15-13-11-9-7-2/h8-11,14-17,20-23,26-29,32-33,35-36,38-39,41-42,46,48,52,54,58,60,76,80H,6-7,12-13,18-19,24-25,30-31,34,37,40,43-45,47,49-51,53,55-57,59,61-75H2,1-5H3/b10-8-,11-9-,16-14-,17-15-,22-20-,23-21-,28-26-,29-27-,33-32-,36-35-,39-38-,42-41-,48-46-,54-52-,60-58-. The predicted molar refractivity (Wildman–Crippen MR) is 379 cm³/mol. The molecule has 0 aromatic rings. The van der Waals surface area contributed by atoms with Gasteiger partial charge in [-0.2, -0.15) is 0 Å². The molecule has 0 fully saturated rings. The zero-order valence-electron chi connectivity index (χ0n) is 57.0. The molecule has 89 heavy (non-hydrogen) atoms. The largest absolute Gasteiger partial charge is 0.545 e. The number of allylic oxidation sites excluding steroid dienone is 30. The third-order valence-electron chi connectivity index (χ3n) is 14.1. The maximum Gasteiger partial charge on any atom is 0.306 e. The van der Waals surface area contributed by atoms with Crippen LogP contribution in [0.5, 0.6) is 0 Å². The van der Waals surface area contributed by atoms with Crippen molar-refractivity contribution in [2.24, 2.45) is 0 Å². The molecule has 0 spiro atoms. The Morgan fingerprint density at radius 1 is 0.337 bits per heavy atom. The van der Waals surface area contributed by atoms with Crippen molar-refractivity contribution in [1.82, 2.24) is 0 Å². The number of carboxylic acids is 1. The van der Waals surface area contributed by atoms with E-state index in [1.807, 2.05) is 21.1 Å².